The molecule has 2 N–H and O–H groups in total. The highest BCUT2D eigenvalue weighted by atomic mass is 16.5. The van der Waals surface area contributed by atoms with E-state index < -0.39 is 34.8 Å². The molecule has 0 unspecified atom stereocenters. The molecule has 6 nitrogen and oxygen atoms in total. The standard InChI is InChI=1S/C15H18O6/c1-4-10(16)8-7-9(11(17)5-2)14(20)15(13(8)19)21-12(18)6-3/h7,19-20H,4-6H2,1-3H3. The Kier molecular flexibility index (Phi) is 5.46. The molecule has 0 heterocycles. The van der Waals surface area contributed by atoms with Crippen LogP contribution in [0.3, 0.4) is 0 Å². The number of phenols is 2. The molecule has 0 aromatic heterocycles. The molecule has 21 heavy (non-hydrogen) atoms. The van der Waals surface area contributed by atoms with Gasteiger partial charge < -0.3 is 14.9 Å². The van der Waals surface area contributed by atoms with Crippen LogP contribution in [0.1, 0.15) is 60.7 Å². The molecule has 1 aromatic carbocycles. The van der Waals surface area contributed by atoms with E-state index in [9.17, 15) is 24.6 Å². The molecule has 0 radical (unpaired) electrons. The smallest absolute Gasteiger partial charge is 0.311 e. The molecule has 0 saturated carbocycles. The summed E-state index contributed by atoms with van der Waals surface area (Å²) in [7, 11) is 0. The number of benzene rings is 1. The van der Waals surface area contributed by atoms with Gasteiger partial charge in [-0.1, -0.05) is 20.8 Å². The van der Waals surface area contributed by atoms with Gasteiger partial charge >= 0.3 is 5.97 Å². The number of carbonyl (C=O) groups excluding carboxylic acids is 3. The van der Waals surface area contributed by atoms with Crippen LogP contribution in [0.4, 0.5) is 0 Å². The zero-order valence-corrected chi connectivity index (χ0v) is 12.2. The minimum Gasteiger partial charge on any atom is -0.504 e. The molecule has 0 aliphatic rings. The predicted molar refractivity (Wildman–Crippen MR) is 74.9 cm³/mol. The maximum atomic E-state index is 11.8. The van der Waals surface area contributed by atoms with Crippen molar-refractivity contribution in [2.24, 2.45) is 0 Å². The largest absolute Gasteiger partial charge is 0.504 e. The molecule has 1 aromatic rings. The van der Waals surface area contributed by atoms with Crippen LogP contribution in [0.5, 0.6) is 17.2 Å². The van der Waals surface area contributed by atoms with Crippen LogP contribution in [0, 0.1) is 0 Å². The molecular weight excluding hydrogens is 276 g/mol. The van der Waals surface area contributed by atoms with Crippen LogP contribution in [0.2, 0.25) is 0 Å². The van der Waals surface area contributed by atoms with E-state index in [1.54, 1.807) is 13.8 Å². The van der Waals surface area contributed by atoms with Gasteiger partial charge in [-0.05, 0) is 6.07 Å². The van der Waals surface area contributed by atoms with Gasteiger partial charge in [-0.3, -0.25) is 14.4 Å². The number of aromatic hydroxyl groups is 2. The monoisotopic (exact) mass is 294 g/mol. The minimum absolute atomic E-state index is 0.0158. The zero-order valence-electron chi connectivity index (χ0n) is 12.2. The van der Waals surface area contributed by atoms with Crippen LogP contribution in [0.15, 0.2) is 6.07 Å². The van der Waals surface area contributed by atoms with Crippen molar-refractivity contribution in [2.75, 3.05) is 0 Å². The van der Waals surface area contributed by atoms with Crippen molar-refractivity contribution < 1.29 is 29.3 Å². The van der Waals surface area contributed by atoms with Crippen LogP contribution < -0.4 is 4.74 Å². The number of ether oxygens (including phenoxy) is 1. The molecule has 0 saturated heterocycles. The Labute approximate surface area is 122 Å². The van der Waals surface area contributed by atoms with Gasteiger partial charge in [-0.15, -0.1) is 0 Å². The molecule has 0 fully saturated rings. The van der Waals surface area contributed by atoms with Gasteiger partial charge in [0.25, 0.3) is 0 Å². The van der Waals surface area contributed by atoms with Crippen molar-refractivity contribution >= 4 is 17.5 Å². The Hall–Kier alpha value is -2.37. The number of ketones is 2. The van der Waals surface area contributed by atoms with E-state index in [4.69, 9.17) is 4.74 Å². The first-order chi connectivity index (χ1) is 9.87. The molecule has 0 bridgehead atoms. The van der Waals surface area contributed by atoms with Crippen molar-refractivity contribution in [3.8, 4) is 17.2 Å². The second-order valence-electron chi connectivity index (χ2n) is 4.38. The molecule has 0 aliphatic carbocycles. The number of hydrogen-bond acceptors (Lipinski definition) is 6. The fraction of sp³-hybridized carbons (Fsp3) is 0.400. The Morgan fingerprint density at radius 3 is 1.67 bits per heavy atom. The predicted octanol–water partition coefficient (Wildman–Crippen LogP) is 2.60. The first-order valence-electron chi connectivity index (χ1n) is 6.73. The third-order valence-electron chi connectivity index (χ3n) is 2.98. The number of Topliss-reactive ketones (excluding diaryl/α,β-unsaturated/α-hetero) is 2. The highest BCUT2D eigenvalue weighted by molar-refractivity contribution is 6.06. The van der Waals surface area contributed by atoms with Crippen LogP contribution in [-0.4, -0.2) is 27.7 Å². The van der Waals surface area contributed by atoms with E-state index in [-0.39, 0.29) is 30.4 Å². The summed E-state index contributed by atoms with van der Waals surface area (Å²) in [5.74, 6) is -3.35. The number of carbonyl (C=O) groups is 3. The van der Waals surface area contributed by atoms with Crippen molar-refractivity contribution in [1.82, 2.24) is 0 Å². The van der Waals surface area contributed by atoms with Crippen molar-refractivity contribution in [3.05, 3.63) is 17.2 Å². The highest BCUT2D eigenvalue weighted by Crippen LogP contribution is 2.42. The van der Waals surface area contributed by atoms with Gasteiger partial charge in [0, 0.05) is 19.3 Å². The summed E-state index contributed by atoms with van der Waals surface area (Å²) in [6.07, 6.45) is 0.209. The summed E-state index contributed by atoms with van der Waals surface area (Å²) in [6.45, 7) is 4.72. The summed E-state index contributed by atoms with van der Waals surface area (Å²) < 4.78 is 4.85. The maximum absolute atomic E-state index is 11.8. The molecule has 1 rings (SSSR count). The number of hydrogen-bond donors (Lipinski definition) is 2. The lowest BCUT2D eigenvalue weighted by atomic mass is 9.99. The maximum Gasteiger partial charge on any atom is 0.311 e. The van der Waals surface area contributed by atoms with Gasteiger partial charge in [0.15, 0.2) is 23.1 Å². The molecular formula is C15H18O6. The second-order valence-corrected chi connectivity index (χ2v) is 4.38. The third-order valence-corrected chi connectivity index (χ3v) is 2.98. The first-order valence-corrected chi connectivity index (χ1v) is 6.73. The number of phenolic OH excluding ortho intramolecular Hbond substituents is 2. The van der Waals surface area contributed by atoms with Crippen LogP contribution >= 0.6 is 0 Å². The Morgan fingerprint density at radius 1 is 0.905 bits per heavy atom. The van der Waals surface area contributed by atoms with Crippen LogP contribution in [-0.2, 0) is 4.79 Å². The summed E-state index contributed by atoms with van der Waals surface area (Å²) in [5.41, 5.74) is -0.294. The normalized spacial score (nSPS) is 10.2. The van der Waals surface area contributed by atoms with Gasteiger partial charge in [-0.2, -0.15) is 0 Å². The van der Waals surface area contributed by atoms with E-state index in [1.807, 2.05) is 0 Å². The summed E-state index contributed by atoms with van der Waals surface area (Å²) in [5, 5.41) is 20.1. The Balaban J connectivity index is 3.55. The average molecular weight is 294 g/mol. The van der Waals surface area contributed by atoms with Crippen LogP contribution in [0.25, 0.3) is 0 Å². The molecule has 0 atom stereocenters. The average Bonchev–Trinajstić information content (AvgIpc) is 2.49. The Bertz CT molecular complexity index is 548. The van der Waals surface area contributed by atoms with Gasteiger partial charge in [0.05, 0.1) is 11.1 Å². The lowest BCUT2D eigenvalue weighted by Gasteiger charge is -2.14. The van der Waals surface area contributed by atoms with E-state index in [0.29, 0.717) is 0 Å². The number of esters is 1. The summed E-state index contributed by atoms with van der Waals surface area (Å²) in [6, 6.07) is 1.13. The number of rotatable bonds is 6. The first kappa shape index (κ1) is 16.7. The molecule has 6 heteroatoms. The summed E-state index contributed by atoms with van der Waals surface area (Å²) >= 11 is 0. The minimum atomic E-state index is -0.698. The lowest BCUT2D eigenvalue weighted by molar-refractivity contribution is -0.134. The van der Waals surface area contributed by atoms with Gasteiger partial charge in [0.1, 0.15) is 0 Å². The Morgan fingerprint density at radius 2 is 1.33 bits per heavy atom. The second kappa shape index (κ2) is 6.88. The fourth-order valence-corrected chi connectivity index (χ4v) is 1.73. The van der Waals surface area contributed by atoms with E-state index >= 15 is 0 Å². The molecule has 114 valence electrons. The topological polar surface area (TPSA) is 101 Å². The van der Waals surface area contributed by atoms with Gasteiger partial charge in [-0.25, -0.2) is 0 Å². The summed E-state index contributed by atoms with van der Waals surface area (Å²) in [4.78, 5) is 35.0. The van der Waals surface area contributed by atoms with Crippen molar-refractivity contribution in [1.29, 1.82) is 0 Å². The highest BCUT2D eigenvalue weighted by Gasteiger charge is 2.25. The molecule has 0 aliphatic heterocycles. The molecule has 0 amide bonds. The lowest BCUT2D eigenvalue weighted by Crippen LogP contribution is -2.10. The van der Waals surface area contributed by atoms with Gasteiger partial charge in [0.2, 0.25) is 5.75 Å². The fourth-order valence-electron chi connectivity index (χ4n) is 1.73. The van der Waals surface area contributed by atoms with Crippen molar-refractivity contribution in [2.45, 2.75) is 40.0 Å². The van der Waals surface area contributed by atoms with E-state index in [1.165, 1.54) is 6.92 Å². The quantitative estimate of drug-likeness (QED) is 0.475. The zero-order chi connectivity index (χ0) is 16.2. The SMILES string of the molecule is CCC(=O)Oc1c(O)c(C(=O)CC)cc(C(=O)CC)c1O. The third kappa shape index (κ3) is 3.39. The van der Waals surface area contributed by atoms with E-state index in [2.05, 4.69) is 0 Å². The van der Waals surface area contributed by atoms with E-state index in [0.717, 1.165) is 6.07 Å². The van der Waals surface area contributed by atoms with Crippen molar-refractivity contribution in [3.63, 3.8) is 0 Å². The molecule has 0 spiro atoms.